The van der Waals surface area contributed by atoms with Crippen LogP contribution in [-0.2, 0) is 4.79 Å². The van der Waals surface area contributed by atoms with Gasteiger partial charge in [0.25, 0.3) is 5.91 Å². The molecule has 126 valence electrons. The average molecular weight is 334 g/mol. The summed E-state index contributed by atoms with van der Waals surface area (Å²) in [5, 5.41) is 2.98. The van der Waals surface area contributed by atoms with Crippen LogP contribution in [0.25, 0.3) is 0 Å². The van der Waals surface area contributed by atoms with Gasteiger partial charge in [-0.3, -0.25) is 9.59 Å². The SMILES string of the molecule is CCCCCCNC(=O)C1CSCN1C(=O)c1ccc(C)cc1. The fraction of sp³-hybridized carbons (Fsp3) is 0.556. The van der Waals surface area contributed by atoms with Gasteiger partial charge in [-0.05, 0) is 25.5 Å². The van der Waals surface area contributed by atoms with Crippen molar-refractivity contribution in [1.82, 2.24) is 10.2 Å². The highest BCUT2D eigenvalue weighted by Gasteiger charge is 2.34. The second-order valence-corrected chi connectivity index (χ2v) is 7.01. The van der Waals surface area contributed by atoms with Gasteiger partial charge in [-0.1, -0.05) is 43.9 Å². The predicted octanol–water partition coefficient (Wildman–Crippen LogP) is 3.21. The zero-order valence-electron chi connectivity index (χ0n) is 14.0. The number of aryl methyl sites for hydroxylation is 1. The summed E-state index contributed by atoms with van der Waals surface area (Å²) >= 11 is 1.64. The summed E-state index contributed by atoms with van der Waals surface area (Å²) in [4.78, 5) is 26.7. The van der Waals surface area contributed by atoms with Crippen molar-refractivity contribution in [2.45, 2.75) is 45.6 Å². The fourth-order valence-electron chi connectivity index (χ4n) is 2.60. The minimum Gasteiger partial charge on any atom is -0.354 e. The highest BCUT2D eigenvalue weighted by atomic mass is 32.2. The third kappa shape index (κ3) is 4.99. The van der Waals surface area contributed by atoms with Gasteiger partial charge in [-0.15, -0.1) is 11.8 Å². The number of benzene rings is 1. The van der Waals surface area contributed by atoms with Gasteiger partial charge in [0.2, 0.25) is 5.91 Å². The Balaban J connectivity index is 1.90. The van der Waals surface area contributed by atoms with Gasteiger partial charge in [-0.25, -0.2) is 0 Å². The maximum absolute atomic E-state index is 12.6. The molecule has 1 N–H and O–H groups in total. The Morgan fingerprint density at radius 2 is 1.96 bits per heavy atom. The van der Waals surface area contributed by atoms with Crippen molar-refractivity contribution in [3.05, 3.63) is 35.4 Å². The zero-order chi connectivity index (χ0) is 16.7. The molecule has 1 aromatic rings. The van der Waals surface area contributed by atoms with E-state index in [4.69, 9.17) is 0 Å². The second kappa shape index (κ2) is 8.96. The number of nitrogens with zero attached hydrogens (tertiary/aromatic N) is 1. The van der Waals surface area contributed by atoms with E-state index in [2.05, 4.69) is 12.2 Å². The van der Waals surface area contributed by atoms with Crippen LogP contribution in [0.4, 0.5) is 0 Å². The van der Waals surface area contributed by atoms with Crippen molar-refractivity contribution in [3.63, 3.8) is 0 Å². The highest BCUT2D eigenvalue weighted by Crippen LogP contribution is 2.23. The van der Waals surface area contributed by atoms with Crippen molar-refractivity contribution in [1.29, 1.82) is 0 Å². The highest BCUT2D eigenvalue weighted by molar-refractivity contribution is 7.99. The third-order valence-corrected chi connectivity index (χ3v) is 5.09. The van der Waals surface area contributed by atoms with E-state index in [-0.39, 0.29) is 17.9 Å². The molecule has 0 aromatic heterocycles. The molecule has 2 amide bonds. The molecule has 23 heavy (non-hydrogen) atoms. The molecule has 1 aromatic carbocycles. The third-order valence-electron chi connectivity index (χ3n) is 4.07. The lowest BCUT2D eigenvalue weighted by atomic mass is 10.1. The van der Waals surface area contributed by atoms with Crippen LogP contribution in [0.5, 0.6) is 0 Å². The molecule has 1 fully saturated rings. The van der Waals surface area contributed by atoms with Crippen molar-refractivity contribution in [3.8, 4) is 0 Å². The Labute approximate surface area is 143 Å². The van der Waals surface area contributed by atoms with Gasteiger partial charge in [0, 0.05) is 17.9 Å². The molecule has 4 nitrogen and oxygen atoms in total. The first-order valence-corrected chi connectivity index (χ1v) is 9.52. The number of thioether (sulfide) groups is 1. The van der Waals surface area contributed by atoms with Crippen molar-refractivity contribution in [2.75, 3.05) is 18.2 Å². The minimum atomic E-state index is -0.347. The molecule has 1 saturated heterocycles. The molecule has 0 spiro atoms. The second-order valence-electron chi connectivity index (χ2n) is 6.01. The van der Waals surface area contributed by atoms with Crippen LogP contribution in [0.3, 0.4) is 0 Å². The van der Waals surface area contributed by atoms with E-state index in [1.807, 2.05) is 31.2 Å². The maximum atomic E-state index is 12.6. The number of carbonyl (C=O) groups is 2. The first kappa shape index (κ1) is 17.9. The quantitative estimate of drug-likeness (QED) is 0.779. The zero-order valence-corrected chi connectivity index (χ0v) is 14.8. The number of hydrogen-bond acceptors (Lipinski definition) is 3. The summed E-state index contributed by atoms with van der Waals surface area (Å²) in [6, 6.07) is 7.18. The Bertz CT molecular complexity index is 530. The molecule has 0 bridgehead atoms. The lowest BCUT2D eigenvalue weighted by molar-refractivity contribution is -0.124. The summed E-state index contributed by atoms with van der Waals surface area (Å²) in [5.41, 5.74) is 1.78. The first-order chi connectivity index (χ1) is 11.1. The molecule has 0 radical (unpaired) electrons. The molecule has 1 unspecified atom stereocenters. The van der Waals surface area contributed by atoms with Crippen LogP contribution >= 0.6 is 11.8 Å². The molecular formula is C18H26N2O2S. The molecule has 0 saturated carbocycles. The van der Waals surface area contributed by atoms with E-state index in [0.717, 1.165) is 18.4 Å². The first-order valence-electron chi connectivity index (χ1n) is 8.36. The Morgan fingerprint density at radius 3 is 2.65 bits per heavy atom. The van der Waals surface area contributed by atoms with Gasteiger partial charge in [0.15, 0.2) is 0 Å². The number of carbonyl (C=O) groups excluding carboxylic acids is 2. The molecule has 0 aliphatic carbocycles. The van der Waals surface area contributed by atoms with E-state index in [0.29, 0.717) is 23.7 Å². The van der Waals surface area contributed by atoms with Crippen molar-refractivity contribution in [2.24, 2.45) is 0 Å². The Hall–Kier alpha value is -1.49. The molecule has 2 rings (SSSR count). The average Bonchev–Trinajstić information content (AvgIpc) is 3.04. The van der Waals surface area contributed by atoms with Crippen molar-refractivity contribution < 1.29 is 9.59 Å². The van der Waals surface area contributed by atoms with Crippen LogP contribution in [0.15, 0.2) is 24.3 Å². The molecule has 1 atom stereocenters. The number of rotatable bonds is 7. The smallest absolute Gasteiger partial charge is 0.255 e. The van der Waals surface area contributed by atoms with E-state index < -0.39 is 0 Å². The summed E-state index contributed by atoms with van der Waals surface area (Å²) in [5.74, 6) is 1.19. The lowest BCUT2D eigenvalue weighted by Crippen LogP contribution is -2.47. The number of amides is 2. The van der Waals surface area contributed by atoms with Crippen LogP contribution in [0.2, 0.25) is 0 Å². The van der Waals surface area contributed by atoms with Crippen molar-refractivity contribution >= 4 is 23.6 Å². The van der Waals surface area contributed by atoms with Crippen LogP contribution in [0, 0.1) is 6.92 Å². The van der Waals surface area contributed by atoms with E-state index in [1.165, 1.54) is 12.8 Å². The molecule has 1 heterocycles. The van der Waals surface area contributed by atoms with Crippen LogP contribution in [0.1, 0.15) is 48.5 Å². The van der Waals surface area contributed by atoms with Crippen LogP contribution in [-0.4, -0.2) is 40.9 Å². The topological polar surface area (TPSA) is 49.4 Å². The van der Waals surface area contributed by atoms with Gasteiger partial charge < -0.3 is 10.2 Å². The molecular weight excluding hydrogens is 308 g/mol. The summed E-state index contributed by atoms with van der Waals surface area (Å²) in [6.07, 6.45) is 4.53. The monoisotopic (exact) mass is 334 g/mol. The van der Waals surface area contributed by atoms with Gasteiger partial charge in [0.1, 0.15) is 6.04 Å². The normalized spacial score (nSPS) is 17.3. The summed E-state index contributed by atoms with van der Waals surface area (Å²) in [6.45, 7) is 4.87. The molecule has 5 heteroatoms. The largest absolute Gasteiger partial charge is 0.354 e. The number of nitrogens with one attached hydrogen (secondary N) is 1. The van der Waals surface area contributed by atoms with Crippen LogP contribution < -0.4 is 5.32 Å². The minimum absolute atomic E-state index is 0.0213. The Kier molecular flexibility index (Phi) is 6.96. The number of unbranched alkanes of at least 4 members (excludes halogenated alkanes) is 3. The lowest BCUT2D eigenvalue weighted by Gasteiger charge is -2.23. The number of hydrogen-bond donors (Lipinski definition) is 1. The summed E-state index contributed by atoms with van der Waals surface area (Å²) < 4.78 is 0. The fourth-order valence-corrected chi connectivity index (χ4v) is 3.76. The van der Waals surface area contributed by atoms with E-state index in [1.54, 1.807) is 16.7 Å². The standard InChI is InChI=1S/C18H26N2O2S/c1-3-4-5-6-11-19-17(21)16-12-23-13-20(16)18(22)15-9-7-14(2)8-10-15/h7-10,16H,3-6,11-13H2,1-2H3,(H,19,21). The Morgan fingerprint density at radius 1 is 1.22 bits per heavy atom. The summed E-state index contributed by atoms with van der Waals surface area (Å²) in [7, 11) is 0. The molecule has 1 aliphatic heterocycles. The van der Waals surface area contributed by atoms with Gasteiger partial charge in [0.05, 0.1) is 5.88 Å². The van der Waals surface area contributed by atoms with E-state index in [9.17, 15) is 9.59 Å². The predicted molar refractivity (Wildman–Crippen MR) is 95.6 cm³/mol. The molecule has 1 aliphatic rings. The maximum Gasteiger partial charge on any atom is 0.255 e. The van der Waals surface area contributed by atoms with Gasteiger partial charge >= 0.3 is 0 Å². The van der Waals surface area contributed by atoms with E-state index >= 15 is 0 Å². The van der Waals surface area contributed by atoms with Gasteiger partial charge in [-0.2, -0.15) is 0 Å².